The van der Waals surface area contributed by atoms with Crippen molar-refractivity contribution in [1.29, 1.82) is 0 Å². The molecule has 5 rings (SSSR count). The van der Waals surface area contributed by atoms with Gasteiger partial charge in [-0.1, -0.05) is 42.5 Å². The molecule has 1 aliphatic heterocycles. The van der Waals surface area contributed by atoms with Gasteiger partial charge in [0.05, 0.1) is 5.56 Å². The quantitative estimate of drug-likeness (QED) is 0.720. The number of carbonyl (C=O) groups is 1. The molecule has 0 saturated carbocycles. The van der Waals surface area contributed by atoms with Gasteiger partial charge in [0.25, 0.3) is 5.91 Å². The minimum atomic E-state index is 0.176. The van der Waals surface area contributed by atoms with E-state index in [2.05, 4.69) is 34.1 Å². The Kier molecular flexibility index (Phi) is 3.02. The van der Waals surface area contributed by atoms with Crippen molar-refractivity contribution in [3.63, 3.8) is 0 Å². The monoisotopic (exact) mass is 316 g/mol. The predicted octanol–water partition coefficient (Wildman–Crippen LogP) is 4.11. The Labute approximate surface area is 141 Å². The van der Waals surface area contributed by atoms with Crippen LogP contribution in [0.15, 0.2) is 54.7 Å². The third kappa shape index (κ3) is 1.94. The number of H-pyrrole nitrogens is 1. The average molecular weight is 316 g/mol. The van der Waals surface area contributed by atoms with Crippen LogP contribution in [0.3, 0.4) is 0 Å². The van der Waals surface area contributed by atoms with Crippen molar-refractivity contribution in [3.05, 3.63) is 71.4 Å². The molecule has 0 spiro atoms. The van der Waals surface area contributed by atoms with E-state index >= 15 is 0 Å². The van der Waals surface area contributed by atoms with Crippen molar-refractivity contribution in [2.45, 2.75) is 31.2 Å². The Balaban J connectivity index is 1.52. The second-order valence-corrected chi connectivity index (χ2v) is 6.97. The van der Waals surface area contributed by atoms with E-state index < -0.39 is 0 Å². The van der Waals surface area contributed by atoms with Crippen molar-refractivity contribution >= 4 is 16.8 Å². The van der Waals surface area contributed by atoms with Gasteiger partial charge in [-0.2, -0.15) is 0 Å². The van der Waals surface area contributed by atoms with E-state index in [0.717, 1.165) is 35.9 Å². The Morgan fingerprint density at radius 2 is 1.92 bits per heavy atom. The topological polar surface area (TPSA) is 36.1 Å². The van der Waals surface area contributed by atoms with Crippen molar-refractivity contribution in [1.82, 2.24) is 9.88 Å². The van der Waals surface area contributed by atoms with Crippen LogP contribution < -0.4 is 0 Å². The number of likely N-dealkylation sites (tertiary alicyclic amines) is 1. The lowest BCUT2D eigenvalue weighted by atomic mass is 9.88. The van der Waals surface area contributed by atoms with Crippen LogP contribution in [0, 0.1) is 0 Å². The summed E-state index contributed by atoms with van der Waals surface area (Å²) in [5, 5.41) is 1.03. The molecule has 1 amide bonds. The first-order valence-corrected chi connectivity index (χ1v) is 8.78. The molecule has 2 aliphatic rings. The number of piperidine rings is 1. The van der Waals surface area contributed by atoms with Gasteiger partial charge in [-0.05, 0) is 36.5 Å². The van der Waals surface area contributed by atoms with Gasteiger partial charge in [0.15, 0.2) is 0 Å². The molecule has 2 aromatic carbocycles. The molecule has 2 heterocycles. The minimum Gasteiger partial charge on any atom is -0.360 e. The number of nitrogens with one attached hydrogen (secondary N) is 1. The van der Waals surface area contributed by atoms with Crippen LogP contribution in [-0.4, -0.2) is 28.4 Å². The molecular weight excluding hydrogens is 296 g/mol. The molecule has 2 atom stereocenters. The molecular formula is C21H20N2O. The van der Waals surface area contributed by atoms with Gasteiger partial charge < -0.3 is 9.88 Å². The van der Waals surface area contributed by atoms with Gasteiger partial charge >= 0.3 is 0 Å². The van der Waals surface area contributed by atoms with Gasteiger partial charge in [0, 0.05) is 35.6 Å². The molecule has 1 fully saturated rings. The fourth-order valence-corrected chi connectivity index (χ4v) is 4.63. The molecule has 1 saturated heterocycles. The summed E-state index contributed by atoms with van der Waals surface area (Å²) in [6.45, 7) is 0.869. The zero-order chi connectivity index (χ0) is 16.1. The maximum atomic E-state index is 13.3. The standard InChI is InChI=1S/C21H20N2O/c24-21(18-13-22-19-10-4-3-8-16(18)19)23-11-5-9-17-15-7-2-1-6-14(15)12-20(17)23/h1-4,6-8,10,13,17,20,22H,5,9,11-12H2. The number of amides is 1. The molecule has 1 N–H and O–H groups in total. The summed E-state index contributed by atoms with van der Waals surface area (Å²) in [5.41, 5.74) is 4.72. The lowest BCUT2D eigenvalue weighted by molar-refractivity contribution is 0.0597. The Morgan fingerprint density at radius 1 is 1.08 bits per heavy atom. The summed E-state index contributed by atoms with van der Waals surface area (Å²) in [5.74, 6) is 0.680. The van der Waals surface area contributed by atoms with E-state index in [9.17, 15) is 4.79 Å². The number of rotatable bonds is 1. The number of hydrogen-bond donors (Lipinski definition) is 1. The number of aromatic nitrogens is 1. The highest BCUT2D eigenvalue weighted by atomic mass is 16.2. The lowest BCUT2D eigenvalue weighted by Gasteiger charge is -2.38. The van der Waals surface area contributed by atoms with Gasteiger partial charge in [0.2, 0.25) is 0 Å². The first-order chi connectivity index (χ1) is 11.8. The zero-order valence-electron chi connectivity index (χ0n) is 13.5. The first kappa shape index (κ1) is 13.8. The zero-order valence-corrected chi connectivity index (χ0v) is 13.5. The number of fused-ring (bicyclic) bond motifs is 4. The first-order valence-electron chi connectivity index (χ1n) is 8.78. The maximum absolute atomic E-state index is 13.3. The van der Waals surface area contributed by atoms with Gasteiger partial charge in [-0.25, -0.2) is 0 Å². The average Bonchev–Trinajstić information content (AvgIpc) is 3.22. The number of carbonyl (C=O) groups excluding carboxylic acids is 1. The van der Waals surface area contributed by atoms with E-state index in [0.29, 0.717) is 12.0 Å². The van der Waals surface area contributed by atoms with Crippen LogP contribution in [0.4, 0.5) is 0 Å². The number of para-hydroxylation sites is 1. The normalized spacial score (nSPS) is 22.4. The molecule has 1 aromatic heterocycles. The summed E-state index contributed by atoms with van der Waals surface area (Å²) in [6, 6.07) is 17.1. The molecule has 24 heavy (non-hydrogen) atoms. The van der Waals surface area contributed by atoms with Crippen molar-refractivity contribution < 1.29 is 4.79 Å². The third-order valence-electron chi connectivity index (χ3n) is 5.74. The lowest BCUT2D eigenvalue weighted by Crippen LogP contribution is -2.46. The van der Waals surface area contributed by atoms with Crippen LogP contribution in [0.5, 0.6) is 0 Å². The van der Waals surface area contributed by atoms with Crippen LogP contribution in [0.25, 0.3) is 10.9 Å². The van der Waals surface area contributed by atoms with Crippen LogP contribution >= 0.6 is 0 Å². The third-order valence-corrected chi connectivity index (χ3v) is 5.74. The van der Waals surface area contributed by atoms with E-state index in [4.69, 9.17) is 0 Å². The number of aromatic amines is 1. The second-order valence-electron chi connectivity index (χ2n) is 6.97. The molecule has 120 valence electrons. The fourth-order valence-electron chi connectivity index (χ4n) is 4.63. The number of benzene rings is 2. The summed E-state index contributed by atoms with van der Waals surface area (Å²) < 4.78 is 0. The predicted molar refractivity (Wildman–Crippen MR) is 95.2 cm³/mol. The smallest absolute Gasteiger partial charge is 0.256 e. The second kappa shape index (κ2) is 5.23. The SMILES string of the molecule is O=C(c1c[nH]c2ccccc12)N1CCCC2c3ccccc3CC21. The summed E-state index contributed by atoms with van der Waals surface area (Å²) in [4.78, 5) is 18.6. The highest BCUT2D eigenvalue weighted by Gasteiger charge is 2.40. The highest BCUT2D eigenvalue weighted by molar-refractivity contribution is 6.06. The Morgan fingerprint density at radius 3 is 2.88 bits per heavy atom. The molecule has 0 bridgehead atoms. The maximum Gasteiger partial charge on any atom is 0.256 e. The minimum absolute atomic E-state index is 0.176. The Bertz CT molecular complexity index is 926. The summed E-state index contributed by atoms with van der Waals surface area (Å²) >= 11 is 0. The van der Waals surface area contributed by atoms with Crippen molar-refractivity contribution in [3.8, 4) is 0 Å². The largest absolute Gasteiger partial charge is 0.360 e. The van der Waals surface area contributed by atoms with Crippen molar-refractivity contribution in [2.75, 3.05) is 6.54 Å². The number of nitrogens with zero attached hydrogens (tertiary/aromatic N) is 1. The molecule has 0 radical (unpaired) electrons. The van der Waals surface area contributed by atoms with Gasteiger partial charge in [0.1, 0.15) is 0 Å². The van der Waals surface area contributed by atoms with E-state index in [1.54, 1.807) is 0 Å². The molecule has 3 nitrogen and oxygen atoms in total. The Hall–Kier alpha value is -2.55. The summed E-state index contributed by atoms with van der Waals surface area (Å²) in [6.07, 6.45) is 5.15. The molecule has 3 aromatic rings. The van der Waals surface area contributed by atoms with Crippen LogP contribution in [-0.2, 0) is 6.42 Å². The van der Waals surface area contributed by atoms with Gasteiger partial charge in [-0.3, -0.25) is 4.79 Å². The fraction of sp³-hybridized carbons (Fsp3) is 0.286. The molecule has 3 heteroatoms. The number of hydrogen-bond acceptors (Lipinski definition) is 1. The molecule has 1 aliphatic carbocycles. The van der Waals surface area contributed by atoms with Gasteiger partial charge in [-0.15, -0.1) is 0 Å². The van der Waals surface area contributed by atoms with Crippen LogP contribution in [0.2, 0.25) is 0 Å². The van der Waals surface area contributed by atoms with E-state index in [-0.39, 0.29) is 5.91 Å². The van der Waals surface area contributed by atoms with E-state index in [1.165, 1.54) is 17.5 Å². The van der Waals surface area contributed by atoms with Crippen molar-refractivity contribution in [2.24, 2.45) is 0 Å². The van der Waals surface area contributed by atoms with E-state index in [1.807, 2.05) is 30.5 Å². The highest BCUT2D eigenvalue weighted by Crippen LogP contribution is 2.42. The molecule has 2 unspecified atom stereocenters. The van der Waals surface area contributed by atoms with Crippen LogP contribution in [0.1, 0.15) is 40.2 Å². The summed E-state index contributed by atoms with van der Waals surface area (Å²) in [7, 11) is 0.